The highest BCUT2D eigenvalue weighted by atomic mass is 16.5. The number of anilines is 1. The summed E-state index contributed by atoms with van der Waals surface area (Å²) in [6, 6.07) is 9.35. The molecule has 1 N–H and O–H groups in total. The van der Waals surface area contributed by atoms with E-state index >= 15 is 0 Å². The van der Waals surface area contributed by atoms with Gasteiger partial charge >= 0.3 is 6.03 Å². The van der Waals surface area contributed by atoms with Crippen LogP contribution in [0.4, 0.5) is 10.6 Å². The summed E-state index contributed by atoms with van der Waals surface area (Å²) < 4.78 is 7.66. The number of carbonyl (C=O) groups excluding carboxylic acids is 2. The van der Waals surface area contributed by atoms with Gasteiger partial charge in [0, 0.05) is 39.1 Å². The Balaban J connectivity index is 1.22. The van der Waals surface area contributed by atoms with E-state index in [1.165, 1.54) is 6.42 Å². The Morgan fingerprint density at radius 2 is 1.78 bits per heavy atom. The van der Waals surface area contributed by atoms with E-state index in [0.717, 1.165) is 68.7 Å². The van der Waals surface area contributed by atoms with Gasteiger partial charge in [0.15, 0.2) is 5.82 Å². The molecule has 0 spiro atoms. The number of carbonyl (C=O) groups is 2. The molecule has 1 fully saturated rings. The first-order chi connectivity index (χ1) is 18.1. The van der Waals surface area contributed by atoms with Gasteiger partial charge in [0.2, 0.25) is 0 Å². The highest BCUT2D eigenvalue weighted by Gasteiger charge is 2.28. The standard InChI is InChI=1S/C27H31N7O3/c1-37-22-16-18-10-14-33(27(36)32-11-3-2-4-12-32)17-19(18)15-20(22)26(35)29-23-8-5-7-21(28-23)25-31-30-24-9-6-13-34(24)25/h5,7-8,15-16H,2-4,6,9-14,17H2,1H3,(H,28,29,35). The van der Waals surface area contributed by atoms with Crippen molar-refractivity contribution in [2.24, 2.45) is 0 Å². The van der Waals surface area contributed by atoms with E-state index in [1.54, 1.807) is 13.2 Å². The van der Waals surface area contributed by atoms with Crippen LogP contribution in [0.1, 0.15) is 53.0 Å². The summed E-state index contributed by atoms with van der Waals surface area (Å²) in [5.41, 5.74) is 3.17. The summed E-state index contributed by atoms with van der Waals surface area (Å²) in [6.07, 6.45) is 6.01. The number of benzene rings is 1. The van der Waals surface area contributed by atoms with E-state index in [-0.39, 0.29) is 11.9 Å². The fourth-order valence-corrected chi connectivity index (χ4v) is 5.53. The van der Waals surface area contributed by atoms with Gasteiger partial charge in [-0.2, -0.15) is 0 Å². The number of urea groups is 1. The normalized spacial score (nSPS) is 16.8. The minimum Gasteiger partial charge on any atom is -0.496 e. The molecule has 10 heteroatoms. The zero-order chi connectivity index (χ0) is 25.4. The molecule has 1 aromatic carbocycles. The Hall–Kier alpha value is -3.95. The van der Waals surface area contributed by atoms with E-state index in [4.69, 9.17) is 4.74 Å². The van der Waals surface area contributed by atoms with E-state index in [9.17, 15) is 9.59 Å². The summed E-state index contributed by atoms with van der Waals surface area (Å²) >= 11 is 0. The number of nitrogens with zero attached hydrogens (tertiary/aromatic N) is 6. The van der Waals surface area contributed by atoms with Crippen LogP contribution in [0, 0.1) is 0 Å². The van der Waals surface area contributed by atoms with Gasteiger partial charge in [-0.15, -0.1) is 10.2 Å². The summed E-state index contributed by atoms with van der Waals surface area (Å²) in [5.74, 6) is 2.32. The molecule has 0 unspecified atom stereocenters. The number of methoxy groups -OCH3 is 1. The molecule has 3 aliphatic rings. The molecule has 1 saturated heterocycles. The average molecular weight is 502 g/mol. The third-order valence-corrected chi connectivity index (χ3v) is 7.51. The number of hydrogen-bond acceptors (Lipinski definition) is 6. The first kappa shape index (κ1) is 23.4. The maximum atomic E-state index is 13.4. The zero-order valence-electron chi connectivity index (χ0n) is 21.1. The monoisotopic (exact) mass is 501 g/mol. The van der Waals surface area contributed by atoms with Crippen molar-refractivity contribution in [3.8, 4) is 17.3 Å². The number of rotatable bonds is 4. The third kappa shape index (κ3) is 4.52. The molecule has 3 aromatic rings. The topological polar surface area (TPSA) is 105 Å². The van der Waals surface area contributed by atoms with Crippen molar-refractivity contribution in [2.45, 2.75) is 51.6 Å². The van der Waals surface area contributed by atoms with Gasteiger partial charge in [0.1, 0.15) is 23.1 Å². The molecular formula is C27H31N7O3. The van der Waals surface area contributed by atoms with Crippen molar-refractivity contribution >= 4 is 17.8 Å². The average Bonchev–Trinajstić information content (AvgIpc) is 3.56. The maximum Gasteiger partial charge on any atom is 0.320 e. The summed E-state index contributed by atoms with van der Waals surface area (Å²) in [5, 5.41) is 11.5. The number of amides is 3. The van der Waals surface area contributed by atoms with Gasteiger partial charge in [-0.05, 0) is 67.5 Å². The predicted molar refractivity (Wildman–Crippen MR) is 137 cm³/mol. The number of piperidine rings is 1. The Bertz CT molecular complexity index is 1350. The number of aryl methyl sites for hydroxylation is 1. The van der Waals surface area contributed by atoms with Crippen molar-refractivity contribution in [3.05, 3.63) is 52.8 Å². The number of likely N-dealkylation sites (tertiary alicyclic amines) is 1. The molecule has 192 valence electrons. The van der Waals surface area contributed by atoms with E-state index in [1.807, 2.05) is 34.1 Å². The van der Waals surface area contributed by atoms with Crippen LogP contribution in [0.2, 0.25) is 0 Å². The predicted octanol–water partition coefficient (Wildman–Crippen LogP) is 3.51. The van der Waals surface area contributed by atoms with Gasteiger partial charge < -0.3 is 24.4 Å². The van der Waals surface area contributed by atoms with Crippen LogP contribution in [-0.2, 0) is 25.9 Å². The number of nitrogens with one attached hydrogen (secondary N) is 1. The molecule has 3 aliphatic heterocycles. The molecule has 0 radical (unpaired) electrons. The number of hydrogen-bond donors (Lipinski definition) is 1. The quantitative estimate of drug-likeness (QED) is 0.587. The number of aromatic nitrogens is 4. The van der Waals surface area contributed by atoms with Crippen molar-refractivity contribution in [3.63, 3.8) is 0 Å². The van der Waals surface area contributed by atoms with Crippen LogP contribution in [0.25, 0.3) is 11.5 Å². The van der Waals surface area contributed by atoms with Gasteiger partial charge in [-0.1, -0.05) is 6.07 Å². The smallest absolute Gasteiger partial charge is 0.320 e. The van der Waals surface area contributed by atoms with Crippen molar-refractivity contribution in [1.82, 2.24) is 29.5 Å². The van der Waals surface area contributed by atoms with Gasteiger partial charge in [0.05, 0.1) is 12.7 Å². The van der Waals surface area contributed by atoms with Crippen LogP contribution in [-0.4, -0.2) is 68.2 Å². The second-order valence-electron chi connectivity index (χ2n) is 9.88. The van der Waals surface area contributed by atoms with Crippen LogP contribution in [0.15, 0.2) is 30.3 Å². The minimum atomic E-state index is -0.310. The first-order valence-electron chi connectivity index (χ1n) is 13.0. The highest BCUT2D eigenvalue weighted by molar-refractivity contribution is 6.06. The lowest BCUT2D eigenvalue weighted by molar-refractivity contribution is 0.102. The third-order valence-electron chi connectivity index (χ3n) is 7.51. The Morgan fingerprint density at radius 3 is 2.62 bits per heavy atom. The molecule has 0 saturated carbocycles. The minimum absolute atomic E-state index is 0.0909. The summed E-state index contributed by atoms with van der Waals surface area (Å²) in [6.45, 7) is 3.67. The summed E-state index contributed by atoms with van der Waals surface area (Å²) in [4.78, 5) is 34.9. The molecule has 3 amide bonds. The van der Waals surface area contributed by atoms with E-state index in [0.29, 0.717) is 41.7 Å². The van der Waals surface area contributed by atoms with E-state index < -0.39 is 0 Å². The van der Waals surface area contributed by atoms with Crippen molar-refractivity contribution in [2.75, 3.05) is 32.1 Å². The lowest BCUT2D eigenvalue weighted by atomic mass is 9.96. The Kier molecular flexibility index (Phi) is 6.23. The van der Waals surface area contributed by atoms with Gasteiger partial charge in [0.25, 0.3) is 5.91 Å². The second kappa shape index (κ2) is 9.84. The number of pyridine rings is 1. The largest absolute Gasteiger partial charge is 0.496 e. The maximum absolute atomic E-state index is 13.4. The van der Waals surface area contributed by atoms with Crippen LogP contribution >= 0.6 is 0 Å². The molecule has 0 aliphatic carbocycles. The first-order valence-corrected chi connectivity index (χ1v) is 13.0. The molecule has 0 atom stereocenters. The Labute approximate surface area is 215 Å². The molecule has 0 bridgehead atoms. The molecule has 5 heterocycles. The lowest BCUT2D eigenvalue weighted by Crippen LogP contribution is -2.47. The van der Waals surface area contributed by atoms with Crippen molar-refractivity contribution < 1.29 is 14.3 Å². The highest BCUT2D eigenvalue weighted by Crippen LogP contribution is 2.30. The van der Waals surface area contributed by atoms with Crippen LogP contribution in [0.5, 0.6) is 5.75 Å². The second-order valence-corrected chi connectivity index (χ2v) is 9.88. The SMILES string of the molecule is COc1cc2c(cc1C(=O)Nc1cccc(-c3nnc4n3CCC4)n1)CN(C(=O)N1CCCCC1)CC2. The van der Waals surface area contributed by atoms with E-state index in [2.05, 4.69) is 25.1 Å². The lowest BCUT2D eigenvalue weighted by Gasteiger charge is -2.36. The molecule has 6 rings (SSSR count). The number of fused-ring (bicyclic) bond motifs is 2. The summed E-state index contributed by atoms with van der Waals surface area (Å²) in [7, 11) is 1.57. The molecule has 37 heavy (non-hydrogen) atoms. The molecule has 10 nitrogen and oxygen atoms in total. The molecular weight excluding hydrogens is 470 g/mol. The van der Waals surface area contributed by atoms with Gasteiger partial charge in [-0.3, -0.25) is 4.79 Å². The van der Waals surface area contributed by atoms with Crippen molar-refractivity contribution in [1.29, 1.82) is 0 Å². The zero-order valence-corrected chi connectivity index (χ0v) is 21.1. The fraction of sp³-hybridized carbons (Fsp3) is 0.444. The van der Waals surface area contributed by atoms with Gasteiger partial charge in [-0.25, -0.2) is 9.78 Å². The number of ether oxygens (including phenoxy) is 1. The van der Waals surface area contributed by atoms with Crippen LogP contribution < -0.4 is 10.1 Å². The fourth-order valence-electron chi connectivity index (χ4n) is 5.53. The van der Waals surface area contributed by atoms with Crippen LogP contribution in [0.3, 0.4) is 0 Å². The molecule has 2 aromatic heterocycles. The Morgan fingerprint density at radius 1 is 0.919 bits per heavy atom.